The Morgan fingerprint density at radius 2 is 2.20 bits per heavy atom. The van der Waals surface area contributed by atoms with Crippen molar-refractivity contribution in [3.05, 3.63) is 34.3 Å². The second-order valence-corrected chi connectivity index (χ2v) is 3.17. The van der Waals surface area contributed by atoms with Crippen LogP contribution < -0.4 is 0 Å². The monoisotopic (exact) mass is 207 g/mol. The van der Waals surface area contributed by atoms with E-state index < -0.39 is 4.92 Å². The van der Waals surface area contributed by atoms with Crippen LogP contribution in [-0.4, -0.2) is 24.5 Å². The Bertz CT molecular complexity index is 513. The van der Waals surface area contributed by atoms with Gasteiger partial charge in [-0.1, -0.05) is 0 Å². The summed E-state index contributed by atoms with van der Waals surface area (Å²) in [6, 6.07) is 1.76. The average Bonchev–Trinajstić information content (AvgIpc) is 2.71. The lowest BCUT2D eigenvalue weighted by molar-refractivity contribution is -0.384. The fourth-order valence-corrected chi connectivity index (χ4v) is 1.29. The molecule has 2 heterocycles. The number of nitrogens with zero attached hydrogens (tertiary/aromatic N) is 5. The molecule has 0 aliphatic carbocycles. The van der Waals surface area contributed by atoms with Gasteiger partial charge in [-0.25, -0.2) is 4.68 Å². The minimum Gasteiger partial charge on any atom is -0.266 e. The zero-order valence-electron chi connectivity index (χ0n) is 8.28. The zero-order valence-corrected chi connectivity index (χ0v) is 8.28. The Labute approximate surface area is 85.1 Å². The maximum Gasteiger partial charge on any atom is 0.333 e. The van der Waals surface area contributed by atoms with Gasteiger partial charge in [0.2, 0.25) is 0 Å². The maximum absolute atomic E-state index is 10.7. The first kappa shape index (κ1) is 9.38. The van der Waals surface area contributed by atoms with E-state index in [4.69, 9.17) is 0 Å². The third kappa shape index (κ3) is 1.58. The summed E-state index contributed by atoms with van der Waals surface area (Å²) in [5.41, 5.74) is 0.732. The van der Waals surface area contributed by atoms with Crippen LogP contribution in [0.5, 0.6) is 0 Å². The molecule has 0 N–H and O–H groups in total. The Kier molecular flexibility index (Phi) is 2.00. The second-order valence-electron chi connectivity index (χ2n) is 3.17. The van der Waals surface area contributed by atoms with Crippen molar-refractivity contribution in [3.63, 3.8) is 0 Å². The van der Waals surface area contributed by atoms with E-state index in [2.05, 4.69) is 10.2 Å². The van der Waals surface area contributed by atoms with Crippen LogP contribution in [0.4, 0.5) is 5.69 Å². The molecule has 0 aromatic carbocycles. The lowest BCUT2D eigenvalue weighted by Gasteiger charge is -1.94. The second kappa shape index (κ2) is 3.19. The van der Waals surface area contributed by atoms with Gasteiger partial charge in [-0.15, -0.1) is 5.10 Å². The minimum absolute atomic E-state index is 0.0550. The highest BCUT2D eigenvalue weighted by Gasteiger charge is 2.20. The van der Waals surface area contributed by atoms with Crippen LogP contribution in [0.25, 0.3) is 5.82 Å². The van der Waals surface area contributed by atoms with Crippen LogP contribution >= 0.6 is 0 Å². The average molecular weight is 207 g/mol. The van der Waals surface area contributed by atoms with Crippen molar-refractivity contribution in [1.82, 2.24) is 19.6 Å². The topological polar surface area (TPSA) is 78.8 Å². The Morgan fingerprint density at radius 1 is 1.47 bits per heavy atom. The molecule has 78 valence electrons. The normalized spacial score (nSPS) is 10.5. The van der Waals surface area contributed by atoms with E-state index in [-0.39, 0.29) is 11.5 Å². The first-order valence-corrected chi connectivity index (χ1v) is 4.28. The summed E-state index contributed by atoms with van der Waals surface area (Å²) >= 11 is 0. The summed E-state index contributed by atoms with van der Waals surface area (Å²) in [5.74, 6) is 0.232. The summed E-state index contributed by atoms with van der Waals surface area (Å²) in [5, 5.41) is 18.8. The molecule has 0 bridgehead atoms. The van der Waals surface area contributed by atoms with Crippen molar-refractivity contribution < 1.29 is 4.92 Å². The van der Waals surface area contributed by atoms with E-state index in [0.717, 1.165) is 5.69 Å². The van der Waals surface area contributed by atoms with Crippen molar-refractivity contribution in [2.75, 3.05) is 0 Å². The van der Waals surface area contributed by atoms with Crippen LogP contribution in [0.1, 0.15) is 5.69 Å². The summed E-state index contributed by atoms with van der Waals surface area (Å²) in [7, 11) is 1.63. The van der Waals surface area contributed by atoms with E-state index >= 15 is 0 Å². The van der Waals surface area contributed by atoms with Gasteiger partial charge < -0.3 is 0 Å². The fourth-order valence-electron chi connectivity index (χ4n) is 1.29. The van der Waals surface area contributed by atoms with E-state index in [9.17, 15) is 10.1 Å². The molecule has 0 radical (unpaired) electrons. The number of hydrogen-bond donors (Lipinski definition) is 0. The van der Waals surface area contributed by atoms with Crippen molar-refractivity contribution >= 4 is 5.69 Å². The molecular weight excluding hydrogens is 198 g/mol. The van der Waals surface area contributed by atoms with Crippen molar-refractivity contribution in [2.45, 2.75) is 6.92 Å². The quantitative estimate of drug-likeness (QED) is 0.539. The summed E-state index contributed by atoms with van der Waals surface area (Å²) < 4.78 is 2.79. The van der Waals surface area contributed by atoms with Crippen LogP contribution in [0.2, 0.25) is 0 Å². The zero-order chi connectivity index (χ0) is 11.0. The minimum atomic E-state index is -0.473. The highest BCUT2D eigenvalue weighted by atomic mass is 16.6. The number of aryl methyl sites for hydroxylation is 2. The molecule has 0 fully saturated rings. The smallest absolute Gasteiger partial charge is 0.266 e. The molecule has 0 aliphatic heterocycles. The molecule has 2 rings (SSSR count). The lowest BCUT2D eigenvalue weighted by atomic mass is 10.5. The van der Waals surface area contributed by atoms with E-state index in [1.807, 2.05) is 6.92 Å². The van der Waals surface area contributed by atoms with Gasteiger partial charge in [0.1, 0.15) is 6.20 Å². The summed E-state index contributed by atoms with van der Waals surface area (Å²) in [6.45, 7) is 1.81. The highest BCUT2D eigenvalue weighted by molar-refractivity contribution is 5.44. The van der Waals surface area contributed by atoms with Gasteiger partial charge in [-0.2, -0.15) is 5.10 Å². The molecule has 2 aromatic rings. The van der Waals surface area contributed by atoms with Gasteiger partial charge in [0, 0.05) is 13.2 Å². The first-order valence-electron chi connectivity index (χ1n) is 4.28. The van der Waals surface area contributed by atoms with Gasteiger partial charge in [-0.05, 0) is 13.0 Å². The molecule has 0 atom stereocenters. The molecule has 2 aromatic heterocycles. The molecule has 0 saturated carbocycles. The van der Waals surface area contributed by atoms with Crippen LogP contribution in [0.3, 0.4) is 0 Å². The molecule has 7 nitrogen and oxygen atoms in total. The molecule has 0 unspecified atom stereocenters. The molecular formula is C8H9N5O2. The molecule has 0 aliphatic rings. The predicted octanol–water partition coefficient (Wildman–Crippen LogP) is 0.822. The van der Waals surface area contributed by atoms with Crippen LogP contribution in [-0.2, 0) is 7.05 Å². The van der Waals surface area contributed by atoms with Gasteiger partial charge in [0.15, 0.2) is 0 Å². The van der Waals surface area contributed by atoms with Gasteiger partial charge in [0.25, 0.3) is 5.82 Å². The van der Waals surface area contributed by atoms with Gasteiger partial charge in [-0.3, -0.25) is 14.8 Å². The maximum atomic E-state index is 10.7. The predicted molar refractivity (Wildman–Crippen MR) is 51.7 cm³/mol. The number of rotatable bonds is 2. The number of aromatic nitrogens is 4. The number of hydrogen-bond acceptors (Lipinski definition) is 4. The first-order chi connectivity index (χ1) is 7.08. The molecule has 0 saturated heterocycles. The summed E-state index contributed by atoms with van der Waals surface area (Å²) in [4.78, 5) is 10.3. The standard InChI is InChI=1S/C8H9N5O2/c1-6-3-4-12(9-6)8-7(13(14)15)5-11(2)10-8/h3-5H,1-2H3. The highest BCUT2D eigenvalue weighted by Crippen LogP contribution is 2.19. The fraction of sp³-hybridized carbons (Fsp3) is 0.250. The lowest BCUT2D eigenvalue weighted by Crippen LogP contribution is -2.00. The Morgan fingerprint density at radius 3 is 2.73 bits per heavy atom. The van der Waals surface area contributed by atoms with E-state index in [1.165, 1.54) is 15.6 Å². The third-order valence-corrected chi connectivity index (χ3v) is 1.93. The number of nitro groups is 1. The van der Waals surface area contributed by atoms with Gasteiger partial charge in [0.05, 0.1) is 10.6 Å². The molecule has 0 amide bonds. The van der Waals surface area contributed by atoms with Crippen molar-refractivity contribution in [3.8, 4) is 5.82 Å². The largest absolute Gasteiger partial charge is 0.333 e. The summed E-state index contributed by atoms with van der Waals surface area (Å²) in [6.07, 6.45) is 3.00. The SMILES string of the molecule is Cc1ccn(-c2nn(C)cc2[N+](=O)[O-])n1. The van der Waals surface area contributed by atoms with Crippen LogP contribution in [0.15, 0.2) is 18.5 Å². The van der Waals surface area contributed by atoms with Gasteiger partial charge >= 0.3 is 5.69 Å². The van der Waals surface area contributed by atoms with Crippen molar-refractivity contribution in [2.24, 2.45) is 7.05 Å². The third-order valence-electron chi connectivity index (χ3n) is 1.93. The Balaban J connectivity index is 2.56. The van der Waals surface area contributed by atoms with Crippen LogP contribution in [0, 0.1) is 17.0 Å². The van der Waals surface area contributed by atoms with E-state index in [0.29, 0.717) is 0 Å². The molecule has 0 spiro atoms. The van der Waals surface area contributed by atoms with E-state index in [1.54, 1.807) is 19.3 Å². The van der Waals surface area contributed by atoms with Crippen molar-refractivity contribution in [1.29, 1.82) is 0 Å². The molecule has 7 heteroatoms. The molecule has 15 heavy (non-hydrogen) atoms. The Hall–Kier alpha value is -2.18.